The molecule has 0 radical (unpaired) electrons. The summed E-state index contributed by atoms with van der Waals surface area (Å²) in [5.41, 5.74) is 0.414. The maximum absolute atomic E-state index is 12.2. The van der Waals surface area contributed by atoms with E-state index in [4.69, 9.17) is 4.74 Å². The third-order valence-electron chi connectivity index (χ3n) is 9.74. The van der Waals surface area contributed by atoms with Crippen LogP contribution in [0.5, 0.6) is 0 Å². The molecule has 0 saturated carbocycles. The van der Waals surface area contributed by atoms with Gasteiger partial charge in [-0.15, -0.1) is 0 Å². The summed E-state index contributed by atoms with van der Waals surface area (Å²) in [5, 5.41) is 90.0. The van der Waals surface area contributed by atoms with E-state index >= 15 is 0 Å². The molecule has 1 saturated heterocycles. The number of hydroxylamine groups is 6. The molecule has 19 heteroatoms. The Bertz CT molecular complexity index is 1230. The fourth-order valence-corrected chi connectivity index (χ4v) is 5.78. The Morgan fingerprint density at radius 1 is 0.741 bits per heavy atom. The summed E-state index contributed by atoms with van der Waals surface area (Å²) in [5.74, 6) is -3.44. The van der Waals surface area contributed by atoms with Gasteiger partial charge in [0.15, 0.2) is 0 Å². The second-order valence-corrected chi connectivity index (χ2v) is 14.7. The van der Waals surface area contributed by atoms with Gasteiger partial charge >= 0.3 is 0 Å². The molecule has 19 nitrogen and oxygen atoms in total. The van der Waals surface area contributed by atoms with Crippen LogP contribution in [0.2, 0.25) is 0 Å². The summed E-state index contributed by atoms with van der Waals surface area (Å²) >= 11 is 0. The van der Waals surface area contributed by atoms with Crippen LogP contribution in [0.1, 0.15) is 116 Å². The van der Waals surface area contributed by atoms with Crippen molar-refractivity contribution in [1.29, 1.82) is 0 Å². The summed E-state index contributed by atoms with van der Waals surface area (Å²) in [7, 11) is 0. The zero-order chi connectivity index (χ0) is 43.3. The van der Waals surface area contributed by atoms with Gasteiger partial charge in [0, 0.05) is 64.1 Å². The molecule has 1 heterocycles. The van der Waals surface area contributed by atoms with Crippen molar-refractivity contribution in [2.75, 3.05) is 52.4 Å². The topological polar surface area (TPSA) is 285 Å². The largest absolute Gasteiger partial charge is 0.393 e. The molecule has 4 amide bonds. The van der Waals surface area contributed by atoms with E-state index in [1.165, 1.54) is 0 Å². The Balaban J connectivity index is 2.01. The molecule has 11 N–H and O–H groups in total. The van der Waals surface area contributed by atoms with E-state index in [0.717, 1.165) is 10.1 Å². The third kappa shape index (κ3) is 23.4. The molecule has 5 atom stereocenters. The zero-order valence-corrected chi connectivity index (χ0v) is 34.3. The predicted octanol–water partition coefficient (Wildman–Crippen LogP) is 0.819. The second-order valence-electron chi connectivity index (χ2n) is 14.7. The normalized spacial score (nSPS) is 19.8. The lowest BCUT2D eigenvalue weighted by atomic mass is 9.97. The van der Waals surface area contributed by atoms with Crippen molar-refractivity contribution in [3.05, 3.63) is 24.4 Å². The first-order valence-corrected chi connectivity index (χ1v) is 20.7. The highest BCUT2D eigenvalue weighted by molar-refractivity contribution is 5.83. The van der Waals surface area contributed by atoms with Crippen molar-refractivity contribution in [3.8, 4) is 0 Å². The number of allylic oxidation sites excluding steroid dienone is 2. The van der Waals surface area contributed by atoms with Crippen LogP contribution in [0.3, 0.4) is 0 Å². The van der Waals surface area contributed by atoms with Crippen LogP contribution in [0.15, 0.2) is 24.4 Å². The summed E-state index contributed by atoms with van der Waals surface area (Å²) < 4.78 is 5.08. The molecular formula is C39H72N6O13. The SMILES string of the molecule is C=C(CCC(=O)NCCCCCN(O)C(=O)CC/C=C\CC(O)CC)N(O)CCCCCNC(=O)CCC(=O)N(O)CCCCCNCC1(O)OC[C@@H](O)[C@@H](O)[C@@H]1O. The predicted molar refractivity (Wildman–Crippen MR) is 212 cm³/mol. The first-order valence-electron chi connectivity index (χ1n) is 20.7. The average Bonchev–Trinajstić information content (AvgIpc) is 3.21. The van der Waals surface area contributed by atoms with Crippen molar-refractivity contribution >= 4 is 23.6 Å². The Morgan fingerprint density at radius 2 is 1.26 bits per heavy atom. The zero-order valence-electron chi connectivity index (χ0n) is 34.3. The summed E-state index contributed by atoms with van der Waals surface area (Å²) in [6.45, 7) is 7.16. The molecule has 58 heavy (non-hydrogen) atoms. The second kappa shape index (κ2) is 30.8. The van der Waals surface area contributed by atoms with Crippen molar-refractivity contribution in [1.82, 2.24) is 31.1 Å². The Hall–Kier alpha value is -3.24. The van der Waals surface area contributed by atoms with Gasteiger partial charge in [0.2, 0.25) is 29.4 Å². The van der Waals surface area contributed by atoms with Gasteiger partial charge in [-0.3, -0.25) is 39.9 Å². The monoisotopic (exact) mass is 833 g/mol. The van der Waals surface area contributed by atoms with Gasteiger partial charge in [0.25, 0.3) is 0 Å². The minimum atomic E-state index is -2.02. The molecule has 0 aromatic heterocycles. The number of aliphatic hydroxyl groups is 5. The Labute approximate surface area is 342 Å². The van der Waals surface area contributed by atoms with Crippen LogP contribution < -0.4 is 16.0 Å². The fraction of sp³-hybridized carbons (Fsp3) is 0.795. The minimum absolute atomic E-state index is 0.0724. The van der Waals surface area contributed by atoms with Gasteiger partial charge < -0.3 is 46.2 Å². The highest BCUT2D eigenvalue weighted by Crippen LogP contribution is 2.23. The van der Waals surface area contributed by atoms with Crippen LogP contribution in [0.4, 0.5) is 0 Å². The number of aliphatic hydroxyl groups excluding tert-OH is 4. The molecule has 0 aliphatic carbocycles. The van der Waals surface area contributed by atoms with Crippen LogP contribution in [-0.4, -0.2) is 163 Å². The molecule has 0 bridgehead atoms. The average molecular weight is 833 g/mol. The lowest BCUT2D eigenvalue weighted by Gasteiger charge is -2.41. The van der Waals surface area contributed by atoms with Crippen molar-refractivity contribution in [3.63, 3.8) is 0 Å². The van der Waals surface area contributed by atoms with Crippen LogP contribution in [0.25, 0.3) is 0 Å². The maximum atomic E-state index is 12.2. The number of nitrogens with zero attached hydrogens (tertiary/aromatic N) is 3. The number of carbonyl (C=O) groups is 4. The van der Waals surface area contributed by atoms with Crippen LogP contribution in [-0.2, 0) is 23.9 Å². The number of unbranched alkanes of at least 4 members (excludes halogenated alkanes) is 6. The van der Waals surface area contributed by atoms with E-state index in [1.54, 1.807) is 0 Å². The van der Waals surface area contributed by atoms with E-state index in [1.807, 2.05) is 19.1 Å². The highest BCUT2D eigenvalue weighted by atomic mass is 16.6. The van der Waals surface area contributed by atoms with E-state index in [2.05, 4.69) is 22.5 Å². The minimum Gasteiger partial charge on any atom is -0.393 e. The van der Waals surface area contributed by atoms with Crippen LogP contribution in [0, 0.1) is 0 Å². The number of hydrogen-bond acceptors (Lipinski definition) is 15. The summed E-state index contributed by atoms with van der Waals surface area (Å²) in [6, 6.07) is 0. The first kappa shape index (κ1) is 52.8. The van der Waals surface area contributed by atoms with E-state index in [9.17, 15) is 60.3 Å². The molecule has 1 fully saturated rings. The molecule has 1 rings (SSSR count). The van der Waals surface area contributed by atoms with Gasteiger partial charge in [0.1, 0.15) is 18.3 Å². The lowest BCUT2D eigenvalue weighted by Crippen LogP contribution is -2.64. The number of amides is 4. The van der Waals surface area contributed by atoms with Crippen molar-refractivity contribution in [2.24, 2.45) is 0 Å². The molecular weight excluding hydrogens is 760 g/mol. The molecule has 1 aliphatic heterocycles. The number of carbonyl (C=O) groups excluding carboxylic acids is 4. The quantitative estimate of drug-likeness (QED) is 0.0189. The molecule has 2 unspecified atom stereocenters. The Morgan fingerprint density at radius 3 is 1.83 bits per heavy atom. The smallest absolute Gasteiger partial charge is 0.246 e. The van der Waals surface area contributed by atoms with Crippen molar-refractivity contribution in [2.45, 2.75) is 146 Å². The van der Waals surface area contributed by atoms with Gasteiger partial charge in [-0.25, -0.2) is 10.1 Å². The van der Waals surface area contributed by atoms with E-state index in [-0.39, 0.29) is 82.2 Å². The van der Waals surface area contributed by atoms with Crippen LogP contribution >= 0.6 is 0 Å². The van der Waals surface area contributed by atoms with Gasteiger partial charge in [-0.2, -0.15) is 0 Å². The number of nitrogens with one attached hydrogen (secondary N) is 3. The number of ether oxygens (including phenoxy) is 1. The summed E-state index contributed by atoms with van der Waals surface area (Å²) in [4.78, 5) is 48.5. The molecule has 336 valence electrons. The van der Waals surface area contributed by atoms with E-state index in [0.29, 0.717) is 114 Å². The first-order chi connectivity index (χ1) is 27.6. The molecule has 0 aromatic carbocycles. The fourth-order valence-electron chi connectivity index (χ4n) is 5.78. The van der Waals surface area contributed by atoms with Gasteiger partial charge in [-0.1, -0.05) is 32.1 Å². The van der Waals surface area contributed by atoms with Gasteiger partial charge in [0.05, 0.1) is 19.3 Å². The van der Waals surface area contributed by atoms with Gasteiger partial charge in [-0.05, 0) is 83.6 Å². The summed E-state index contributed by atoms with van der Waals surface area (Å²) in [6.07, 6.45) is 6.67. The molecule has 0 spiro atoms. The number of rotatable bonds is 33. The van der Waals surface area contributed by atoms with Crippen molar-refractivity contribution < 1.29 is 65.1 Å². The number of hydrogen-bond donors (Lipinski definition) is 11. The molecule has 0 aromatic rings. The standard InChI is InChI=1S/C39H72N6O13/c1-3-31(46)16-8-4-9-17-35(50)44(56)26-15-7-12-23-41-33(48)19-18-30(2)43(55)25-13-6-11-24-42-34(49)20-21-36(51)45(57)27-14-5-10-22-40-29-39(54)38(53)37(52)32(47)28-58-39/h4,8,31-32,37-38,40,46-47,52-57H,2-3,5-7,9-29H2,1H3,(H,41,48)(H,42,49)/b8-4-/t31?,32-,37-,38+,39?/m1/s1. The lowest BCUT2D eigenvalue weighted by molar-refractivity contribution is -0.317. The third-order valence-corrected chi connectivity index (χ3v) is 9.74. The Kier molecular flexibility index (Phi) is 28.0. The highest BCUT2D eigenvalue weighted by Gasteiger charge is 2.48. The molecule has 1 aliphatic rings. The van der Waals surface area contributed by atoms with E-state index < -0.39 is 30.0 Å². The maximum Gasteiger partial charge on any atom is 0.246 e.